The van der Waals surface area contributed by atoms with Crippen LogP contribution in [0.2, 0.25) is 5.02 Å². The zero-order valence-corrected chi connectivity index (χ0v) is 12.9. The molecule has 1 saturated heterocycles. The van der Waals surface area contributed by atoms with Crippen molar-refractivity contribution in [3.8, 4) is 0 Å². The third-order valence-electron chi connectivity index (χ3n) is 3.82. The molecule has 1 aromatic rings. The Morgan fingerprint density at radius 2 is 1.90 bits per heavy atom. The van der Waals surface area contributed by atoms with Gasteiger partial charge in [-0.2, -0.15) is 0 Å². The first kappa shape index (κ1) is 16.3. The molecule has 0 aliphatic carbocycles. The fourth-order valence-electron chi connectivity index (χ4n) is 2.35. The Bertz CT molecular complexity index is 464. The Balaban J connectivity index is 1.64. The topological polar surface area (TPSA) is 55.8 Å². The first-order valence-corrected chi connectivity index (χ1v) is 7.63. The summed E-state index contributed by atoms with van der Waals surface area (Å²) in [6.45, 7) is 2.35. The molecule has 1 N–H and O–H groups in total. The molecule has 0 spiro atoms. The standard InChI is InChI=1S/C16H21ClO4/c1-16(15(18)19)20-10-13(11-21-16)5-3-2-4-12-6-8-14(17)9-7-12/h6-9,13H,2-5,10-11H2,1H3,(H,18,19). The molecule has 1 aliphatic rings. The van der Waals surface area contributed by atoms with Crippen LogP contribution in [0.25, 0.3) is 0 Å². The predicted molar refractivity (Wildman–Crippen MR) is 80.4 cm³/mol. The molecule has 2 rings (SSSR count). The van der Waals surface area contributed by atoms with Crippen LogP contribution >= 0.6 is 11.6 Å². The number of ether oxygens (including phenoxy) is 2. The largest absolute Gasteiger partial charge is 0.477 e. The number of aryl methyl sites for hydroxylation is 1. The number of unbranched alkanes of at least 4 members (excludes halogenated alkanes) is 1. The summed E-state index contributed by atoms with van der Waals surface area (Å²) < 4.78 is 10.7. The summed E-state index contributed by atoms with van der Waals surface area (Å²) >= 11 is 5.85. The summed E-state index contributed by atoms with van der Waals surface area (Å²) in [6.07, 6.45) is 4.18. The average Bonchev–Trinajstić information content (AvgIpc) is 2.47. The van der Waals surface area contributed by atoms with E-state index in [4.69, 9.17) is 26.2 Å². The minimum atomic E-state index is -1.47. The van der Waals surface area contributed by atoms with Gasteiger partial charge < -0.3 is 14.6 Å². The van der Waals surface area contributed by atoms with Crippen LogP contribution in [0.3, 0.4) is 0 Å². The highest BCUT2D eigenvalue weighted by Crippen LogP contribution is 2.24. The smallest absolute Gasteiger partial charge is 0.364 e. The summed E-state index contributed by atoms with van der Waals surface area (Å²) in [7, 11) is 0. The van der Waals surface area contributed by atoms with E-state index in [-0.39, 0.29) is 5.92 Å². The molecule has 21 heavy (non-hydrogen) atoms. The van der Waals surface area contributed by atoms with Crippen molar-refractivity contribution in [3.05, 3.63) is 34.9 Å². The number of benzene rings is 1. The van der Waals surface area contributed by atoms with Gasteiger partial charge in [-0.1, -0.05) is 30.2 Å². The number of halogens is 1. The number of rotatable bonds is 6. The van der Waals surface area contributed by atoms with Gasteiger partial charge in [-0.15, -0.1) is 0 Å². The van der Waals surface area contributed by atoms with Crippen LogP contribution < -0.4 is 0 Å². The molecular formula is C16H21ClO4. The van der Waals surface area contributed by atoms with Gasteiger partial charge in [0.25, 0.3) is 5.79 Å². The second kappa shape index (κ2) is 7.25. The minimum absolute atomic E-state index is 0.280. The van der Waals surface area contributed by atoms with Crippen molar-refractivity contribution in [2.24, 2.45) is 5.92 Å². The molecule has 0 amide bonds. The highest BCUT2D eigenvalue weighted by Gasteiger charge is 2.40. The summed E-state index contributed by atoms with van der Waals surface area (Å²) in [5, 5.41) is 9.74. The van der Waals surface area contributed by atoms with Crippen molar-refractivity contribution < 1.29 is 19.4 Å². The molecule has 116 valence electrons. The monoisotopic (exact) mass is 312 g/mol. The molecule has 0 unspecified atom stereocenters. The Labute approximate surface area is 130 Å². The molecule has 1 aromatic carbocycles. The van der Waals surface area contributed by atoms with E-state index in [0.717, 1.165) is 30.7 Å². The van der Waals surface area contributed by atoms with E-state index in [1.54, 1.807) is 0 Å². The lowest BCUT2D eigenvalue weighted by Crippen LogP contribution is -2.47. The maximum atomic E-state index is 11.0. The number of carboxylic acids is 1. The first-order valence-electron chi connectivity index (χ1n) is 7.25. The van der Waals surface area contributed by atoms with Crippen LogP contribution in [-0.2, 0) is 20.7 Å². The van der Waals surface area contributed by atoms with Crippen molar-refractivity contribution >= 4 is 17.6 Å². The summed E-state index contributed by atoms with van der Waals surface area (Å²) in [4.78, 5) is 11.0. The van der Waals surface area contributed by atoms with E-state index >= 15 is 0 Å². The van der Waals surface area contributed by atoms with Crippen LogP contribution in [0.15, 0.2) is 24.3 Å². The molecule has 0 radical (unpaired) electrons. The molecule has 1 aliphatic heterocycles. The third kappa shape index (κ3) is 4.70. The average molecular weight is 313 g/mol. The van der Waals surface area contributed by atoms with Gasteiger partial charge in [-0.05, 0) is 37.0 Å². The molecule has 1 fully saturated rings. The number of hydrogen-bond donors (Lipinski definition) is 1. The van der Waals surface area contributed by atoms with Gasteiger partial charge in [0.05, 0.1) is 13.2 Å². The number of aliphatic carboxylic acids is 1. The molecule has 1 heterocycles. The van der Waals surface area contributed by atoms with Crippen molar-refractivity contribution in [3.63, 3.8) is 0 Å². The Morgan fingerprint density at radius 1 is 1.29 bits per heavy atom. The Kier molecular flexibility index (Phi) is 5.62. The van der Waals surface area contributed by atoms with E-state index in [1.165, 1.54) is 12.5 Å². The van der Waals surface area contributed by atoms with Crippen molar-refractivity contribution in [2.45, 2.75) is 38.4 Å². The number of carbonyl (C=O) groups is 1. The van der Waals surface area contributed by atoms with E-state index in [1.807, 2.05) is 24.3 Å². The highest BCUT2D eigenvalue weighted by atomic mass is 35.5. The zero-order chi connectivity index (χ0) is 15.3. The zero-order valence-electron chi connectivity index (χ0n) is 12.2. The Morgan fingerprint density at radius 3 is 2.48 bits per heavy atom. The predicted octanol–water partition coefficient (Wildman–Crippen LogP) is 3.52. The van der Waals surface area contributed by atoms with Crippen LogP contribution in [-0.4, -0.2) is 30.1 Å². The maximum Gasteiger partial charge on any atom is 0.364 e. The van der Waals surface area contributed by atoms with Gasteiger partial charge in [0.2, 0.25) is 0 Å². The molecule has 0 aromatic heterocycles. The van der Waals surface area contributed by atoms with E-state index in [0.29, 0.717) is 13.2 Å². The quantitative estimate of drug-likeness (QED) is 0.817. The van der Waals surface area contributed by atoms with Crippen molar-refractivity contribution in [1.82, 2.24) is 0 Å². The second-order valence-corrected chi connectivity index (χ2v) is 6.05. The van der Waals surface area contributed by atoms with Gasteiger partial charge in [0.15, 0.2) is 0 Å². The fourth-order valence-corrected chi connectivity index (χ4v) is 2.47. The second-order valence-electron chi connectivity index (χ2n) is 5.61. The van der Waals surface area contributed by atoms with Crippen LogP contribution in [0.1, 0.15) is 31.7 Å². The fraction of sp³-hybridized carbons (Fsp3) is 0.562. The normalized spacial score (nSPS) is 25.7. The van der Waals surface area contributed by atoms with Gasteiger partial charge in [0, 0.05) is 17.9 Å². The van der Waals surface area contributed by atoms with E-state index < -0.39 is 11.8 Å². The SMILES string of the molecule is CC1(C(=O)O)OCC(CCCCc2ccc(Cl)cc2)CO1. The number of hydrogen-bond acceptors (Lipinski definition) is 3. The van der Waals surface area contributed by atoms with Crippen molar-refractivity contribution in [2.75, 3.05) is 13.2 Å². The van der Waals surface area contributed by atoms with E-state index in [2.05, 4.69) is 0 Å². The molecule has 0 bridgehead atoms. The lowest BCUT2D eigenvalue weighted by Gasteiger charge is -2.34. The molecule has 4 nitrogen and oxygen atoms in total. The van der Waals surface area contributed by atoms with Crippen LogP contribution in [0.4, 0.5) is 0 Å². The number of carboxylic acid groups (broad SMARTS) is 1. The first-order chi connectivity index (χ1) is 9.99. The molecule has 0 saturated carbocycles. The third-order valence-corrected chi connectivity index (χ3v) is 4.07. The van der Waals surface area contributed by atoms with Crippen LogP contribution in [0.5, 0.6) is 0 Å². The molecule has 5 heteroatoms. The van der Waals surface area contributed by atoms with Gasteiger partial charge in [-0.25, -0.2) is 4.79 Å². The maximum absolute atomic E-state index is 11.0. The minimum Gasteiger partial charge on any atom is -0.477 e. The van der Waals surface area contributed by atoms with Gasteiger partial charge in [0.1, 0.15) is 0 Å². The van der Waals surface area contributed by atoms with Gasteiger partial charge in [-0.3, -0.25) is 0 Å². The summed E-state index contributed by atoms with van der Waals surface area (Å²) in [6, 6.07) is 7.92. The lowest BCUT2D eigenvalue weighted by molar-refractivity contribution is -0.271. The van der Waals surface area contributed by atoms with E-state index in [9.17, 15) is 4.79 Å². The van der Waals surface area contributed by atoms with Crippen molar-refractivity contribution in [1.29, 1.82) is 0 Å². The summed E-state index contributed by atoms with van der Waals surface area (Å²) in [5.74, 6) is -2.26. The summed E-state index contributed by atoms with van der Waals surface area (Å²) in [5.41, 5.74) is 1.29. The Hall–Kier alpha value is -1.10. The lowest BCUT2D eigenvalue weighted by atomic mass is 10.00. The van der Waals surface area contributed by atoms with Crippen LogP contribution in [0, 0.1) is 5.92 Å². The molecule has 0 atom stereocenters. The van der Waals surface area contributed by atoms with Gasteiger partial charge >= 0.3 is 5.97 Å². The molecular weight excluding hydrogens is 292 g/mol. The highest BCUT2D eigenvalue weighted by molar-refractivity contribution is 6.30.